The average Bonchev–Trinajstić information content (AvgIpc) is 2.22. The summed E-state index contributed by atoms with van der Waals surface area (Å²) in [5.41, 5.74) is 6.12. The van der Waals surface area contributed by atoms with Crippen molar-refractivity contribution in [1.82, 2.24) is 0 Å². The molecule has 1 rings (SSSR count). The van der Waals surface area contributed by atoms with Crippen LogP contribution in [0.2, 0.25) is 10.0 Å². The molecule has 0 aliphatic carbocycles. The fourth-order valence-corrected chi connectivity index (χ4v) is 1.28. The van der Waals surface area contributed by atoms with Gasteiger partial charge in [-0.2, -0.15) is 5.26 Å². The molecule has 0 fully saturated rings. The first-order valence-corrected chi connectivity index (χ1v) is 5.15. The molecular weight excluding hydrogens is 256 g/mol. The molecule has 2 N–H and O–H groups in total. The summed E-state index contributed by atoms with van der Waals surface area (Å²) in [6.07, 6.45) is 0. The van der Waals surface area contributed by atoms with Crippen LogP contribution in [0.4, 0.5) is 5.69 Å². The van der Waals surface area contributed by atoms with E-state index in [4.69, 9.17) is 45.8 Å². The Kier molecular flexibility index (Phi) is 4.22. The zero-order valence-electron chi connectivity index (χ0n) is 7.47. The minimum atomic E-state index is 0.0884. The molecule has 78 valence electrons. The average molecular weight is 263 g/mol. The van der Waals surface area contributed by atoms with E-state index in [0.29, 0.717) is 21.3 Å². The highest BCUT2D eigenvalue weighted by molar-refractivity contribution is 6.42. The number of nitriles is 1. The zero-order chi connectivity index (χ0) is 11.4. The van der Waals surface area contributed by atoms with E-state index in [1.807, 2.05) is 6.07 Å². The van der Waals surface area contributed by atoms with E-state index in [1.165, 1.54) is 12.1 Å². The Labute approximate surface area is 102 Å². The molecule has 0 amide bonds. The molecule has 0 saturated heterocycles. The number of benzene rings is 1. The summed E-state index contributed by atoms with van der Waals surface area (Å²) in [4.78, 5) is 3.95. The predicted octanol–water partition coefficient (Wildman–Crippen LogP) is 3.09. The maximum atomic E-state index is 8.82. The third kappa shape index (κ3) is 3.00. The minimum Gasteiger partial charge on any atom is -0.386 e. The number of aliphatic imine (C=N–C) groups is 1. The molecule has 0 spiro atoms. The quantitative estimate of drug-likeness (QED) is 0.506. The lowest BCUT2D eigenvalue weighted by Gasteiger charge is -2.02. The number of halogens is 3. The fourth-order valence-electron chi connectivity index (χ4n) is 0.903. The number of nitrogens with two attached hydrogens (primary N) is 1. The molecule has 0 atom stereocenters. The van der Waals surface area contributed by atoms with Gasteiger partial charge in [0.2, 0.25) is 0 Å². The lowest BCUT2D eigenvalue weighted by Crippen LogP contribution is -2.12. The van der Waals surface area contributed by atoms with Gasteiger partial charge in [0.1, 0.15) is 11.9 Å². The molecule has 15 heavy (non-hydrogen) atoms. The Bertz CT molecular complexity index is 449. The van der Waals surface area contributed by atoms with Crippen molar-refractivity contribution in [3.05, 3.63) is 27.7 Å². The highest BCUT2D eigenvalue weighted by atomic mass is 35.5. The minimum absolute atomic E-state index is 0.0884. The standard InChI is InChI=1S/C9H6Cl3N3/c10-3-9(14)15-8-2-7(12)6(11)1-5(8)4-13/h1-2H,3H2,(H2,14,15). The van der Waals surface area contributed by atoms with Gasteiger partial charge < -0.3 is 5.73 Å². The lowest BCUT2D eigenvalue weighted by atomic mass is 10.2. The van der Waals surface area contributed by atoms with Crippen LogP contribution >= 0.6 is 34.8 Å². The van der Waals surface area contributed by atoms with Gasteiger partial charge in [0.05, 0.1) is 27.2 Å². The van der Waals surface area contributed by atoms with Crippen molar-refractivity contribution < 1.29 is 0 Å². The first kappa shape index (κ1) is 12.1. The van der Waals surface area contributed by atoms with Crippen molar-refractivity contribution >= 4 is 46.3 Å². The van der Waals surface area contributed by atoms with Gasteiger partial charge in [0.15, 0.2) is 0 Å². The highest BCUT2D eigenvalue weighted by Gasteiger charge is 2.06. The van der Waals surface area contributed by atoms with E-state index in [-0.39, 0.29) is 11.7 Å². The second-order valence-corrected chi connectivity index (χ2v) is 3.71. The van der Waals surface area contributed by atoms with Gasteiger partial charge in [-0.1, -0.05) is 23.2 Å². The van der Waals surface area contributed by atoms with E-state index in [9.17, 15) is 0 Å². The molecule has 0 heterocycles. The monoisotopic (exact) mass is 261 g/mol. The lowest BCUT2D eigenvalue weighted by molar-refractivity contribution is 1.41. The van der Waals surface area contributed by atoms with Gasteiger partial charge in [0.25, 0.3) is 0 Å². The molecular formula is C9H6Cl3N3. The van der Waals surface area contributed by atoms with Gasteiger partial charge in [-0.25, -0.2) is 4.99 Å². The molecule has 3 nitrogen and oxygen atoms in total. The van der Waals surface area contributed by atoms with Gasteiger partial charge in [0, 0.05) is 0 Å². The van der Waals surface area contributed by atoms with E-state index in [1.54, 1.807) is 0 Å². The Hall–Kier alpha value is -0.950. The normalized spacial score (nSPS) is 11.2. The van der Waals surface area contributed by atoms with Crippen LogP contribution in [0.15, 0.2) is 17.1 Å². The number of hydrogen-bond acceptors (Lipinski definition) is 2. The van der Waals surface area contributed by atoms with Crippen molar-refractivity contribution in [3.63, 3.8) is 0 Å². The zero-order valence-corrected chi connectivity index (χ0v) is 9.74. The van der Waals surface area contributed by atoms with Gasteiger partial charge in [-0.05, 0) is 12.1 Å². The molecule has 0 aliphatic rings. The first-order valence-electron chi connectivity index (χ1n) is 3.86. The van der Waals surface area contributed by atoms with E-state index >= 15 is 0 Å². The maximum absolute atomic E-state index is 8.82. The summed E-state index contributed by atoms with van der Waals surface area (Å²) in [6, 6.07) is 4.85. The van der Waals surface area contributed by atoms with Gasteiger partial charge in [-0.3, -0.25) is 0 Å². The molecule has 0 radical (unpaired) electrons. The van der Waals surface area contributed by atoms with Crippen LogP contribution in [0.1, 0.15) is 5.56 Å². The topological polar surface area (TPSA) is 62.2 Å². The summed E-state index contributed by atoms with van der Waals surface area (Å²) < 4.78 is 0. The van der Waals surface area contributed by atoms with E-state index in [0.717, 1.165) is 0 Å². The molecule has 1 aromatic carbocycles. The SMILES string of the molecule is N#Cc1cc(Cl)c(Cl)cc1N=C(N)CCl. The Balaban J connectivity index is 3.30. The van der Waals surface area contributed by atoms with Crippen LogP contribution in [0, 0.1) is 11.3 Å². The highest BCUT2D eigenvalue weighted by Crippen LogP contribution is 2.30. The molecule has 0 bridgehead atoms. The molecule has 1 aromatic rings. The second kappa shape index (κ2) is 5.22. The first-order chi connectivity index (χ1) is 7.08. The molecule has 6 heteroatoms. The van der Waals surface area contributed by atoms with Crippen LogP contribution < -0.4 is 5.73 Å². The van der Waals surface area contributed by atoms with Gasteiger partial charge >= 0.3 is 0 Å². The molecule has 0 aliphatic heterocycles. The predicted molar refractivity (Wildman–Crippen MR) is 63.2 cm³/mol. The smallest absolute Gasteiger partial charge is 0.115 e. The number of nitrogens with zero attached hydrogens (tertiary/aromatic N) is 2. The van der Waals surface area contributed by atoms with Crippen LogP contribution in [-0.2, 0) is 0 Å². The summed E-state index contributed by atoms with van der Waals surface area (Å²) in [7, 11) is 0. The van der Waals surface area contributed by atoms with Crippen LogP contribution in [0.3, 0.4) is 0 Å². The number of hydrogen-bond donors (Lipinski definition) is 1. The fraction of sp³-hybridized carbons (Fsp3) is 0.111. The summed E-state index contributed by atoms with van der Waals surface area (Å²) in [5.74, 6) is 0.303. The number of amidine groups is 1. The third-order valence-corrected chi connectivity index (χ3v) is 2.56. The van der Waals surface area contributed by atoms with Crippen LogP contribution in [0.25, 0.3) is 0 Å². The van der Waals surface area contributed by atoms with Crippen molar-refractivity contribution in [3.8, 4) is 6.07 Å². The largest absolute Gasteiger partial charge is 0.386 e. The van der Waals surface area contributed by atoms with Crippen LogP contribution in [0.5, 0.6) is 0 Å². The number of alkyl halides is 1. The second-order valence-electron chi connectivity index (χ2n) is 2.63. The summed E-state index contributed by atoms with van der Waals surface area (Å²) in [6.45, 7) is 0. The number of rotatable bonds is 2. The van der Waals surface area contributed by atoms with Crippen molar-refractivity contribution in [2.75, 3.05) is 5.88 Å². The summed E-state index contributed by atoms with van der Waals surface area (Å²) >= 11 is 17.0. The molecule has 0 aromatic heterocycles. The van der Waals surface area contributed by atoms with Crippen molar-refractivity contribution in [2.24, 2.45) is 10.7 Å². The summed E-state index contributed by atoms with van der Waals surface area (Å²) in [5, 5.41) is 9.44. The van der Waals surface area contributed by atoms with E-state index in [2.05, 4.69) is 4.99 Å². The van der Waals surface area contributed by atoms with E-state index < -0.39 is 0 Å². The Morgan fingerprint density at radius 1 is 1.40 bits per heavy atom. The molecule has 0 saturated carbocycles. The van der Waals surface area contributed by atoms with Crippen LogP contribution in [-0.4, -0.2) is 11.7 Å². The van der Waals surface area contributed by atoms with Crippen molar-refractivity contribution in [1.29, 1.82) is 5.26 Å². The Morgan fingerprint density at radius 3 is 2.53 bits per heavy atom. The van der Waals surface area contributed by atoms with Gasteiger partial charge in [-0.15, -0.1) is 11.6 Å². The third-order valence-electron chi connectivity index (χ3n) is 1.56. The molecule has 0 unspecified atom stereocenters. The maximum Gasteiger partial charge on any atom is 0.115 e. The van der Waals surface area contributed by atoms with Crippen molar-refractivity contribution in [2.45, 2.75) is 0 Å². The Morgan fingerprint density at radius 2 is 2.00 bits per heavy atom.